The maximum Gasteiger partial charge on any atom is 0.0518 e. The fourth-order valence-electron chi connectivity index (χ4n) is 3.50. The third-order valence-corrected chi connectivity index (χ3v) is 3.54. The summed E-state index contributed by atoms with van der Waals surface area (Å²) in [7, 11) is 0. The molecule has 0 spiro atoms. The quantitative estimate of drug-likeness (QED) is 0.799. The second-order valence-corrected chi connectivity index (χ2v) is 6.89. The summed E-state index contributed by atoms with van der Waals surface area (Å²) in [5.41, 5.74) is 6.92. The molecular formula is C14H29NO. The molecule has 2 unspecified atom stereocenters. The lowest BCUT2D eigenvalue weighted by molar-refractivity contribution is 0.0371. The number of nitrogens with two attached hydrogens (primary N) is 1. The Morgan fingerprint density at radius 2 is 1.94 bits per heavy atom. The lowest BCUT2D eigenvalue weighted by atomic mass is 9.64. The molecule has 0 aromatic rings. The Morgan fingerprint density at radius 1 is 1.31 bits per heavy atom. The predicted molar refractivity (Wildman–Crippen MR) is 69.4 cm³/mol. The summed E-state index contributed by atoms with van der Waals surface area (Å²) < 4.78 is 5.63. The summed E-state index contributed by atoms with van der Waals surface area (Å²) >= 11 is 0. The van der Waals surface area contributed by atoms with E-state index < -0.39 is 0 Å². The first-order valence-corrected chi connectivity index (χ1v) is 6.63. The van der Waals surface area contributed by atoms with E-state index in [-0.39, 0.29) is 5.54 Å². The lowest BCUT2D eigenvalue weighted by Crippen LogP contribution is -2.49. The number of hydrogen-bond acceptors (Lipinski definition) is 2. The highest BCUT2D eigenvalue weighted by Gasteiger charge is 2.39. The fourth-order valence-corrected chi connectivity index (χ4v) is 3.50. The van der Waals surface area contributed by atoms with Gasteiger partial charge in [0.15, 0.2) is 0 Å². The van der Waals surface area contributed by atoms with Crippen LogP contribution in [0.4, 0.5) is 0 Å². The predicted octanol–water partition coefficient (Wildman–Crippen LogP) is 3.35. The van der Waals surface area contributed by atoms with E-state index in [1.54, 1.807) is 0 Å². The molecule has 2 N–H and O–H groups in total. The van der Waals surface area contributed by atoms with Gasteiger partial charge in [-0.25, -0.2) is 0 Å². The molecule has 1 aliphatic rings. The number of rotatable bonds is 4. The Balaban J connectivity index is 2.48. The molecule has 0 saturated heterocycles. The minimum Gasteiger partial charge on any atom is -0.379 e. The third kappa shape index (κ3) is 4.42. The molecule has 2 nitrogen and oxygen atoms in total. The van der Waals surface area contributed by atoms with Crippen LogP contribution >= 0.6 is 0 Å². The summed E-state index contributed by atoms with van der Waals surface area (Å²) in [4.78, 5) is 0. The molecule has 1 aliphatic carbocycles. The largest absolute Gasteiger partial charge is 0.379 e. The van der Waals surface area contributed by atoms with E-state index in [1.807, 2.05) is 0 Å². The molecule has 0 radical (unpaired) electrons. The molecule has 2 atom stereocenters. The molecule has 1 saturated carbocycles. The van der Waals surface area contributed by atoms with E-state index in [4.69, 9.17) is 10.5 Å². The van der Waals surface area contributed by atoms with Crippen molar-refractivity contribution >= 4 is 0 Å². The van der Waals surface area contributed by atoms with Crippen molar-refractivity contribution in [3.05, 3.63) is 0 Å². The maximum atomic E-state index is 6.53. The minimum absolute atomic E-state index is 0.00391. The van der Waals surface area contributed by atoms with Crippen LogP contribution in [0.5, 0.6) is 0 Å². The summed E-state index contributed by atoms with van der Waals surface area (Å²) in [6.07, 6.45) is 4.90. The standard InChI is InChI=1S/C14H29NO/c1-11(2)16-7-6-14(15)9-12(3)8-13(4,5)10-14/h11-12H,6-10,15H2,1-5H3. The van der Waals surface area contributed by atoms with Gasteiger partial charge >= 0.3 is 0 Å². The van der Waals surface area contributed by atoms with Gasteiger partial charge in [0.2, 0.25) is 0 Å². The first-order chi connectivity index (χ1) is 7.22. The van der Waals surface area contributed by atoms with Crippen molar-refractivity contribution in [1.29, 1.82) is 0 Å². The Kier molecular flexibility index (Phi) is 4.42. The van der Waals surface area contributed by atoms with Crippen LogP contribution in [0, 0.1) is 11.3 Å². The fraction of sp³-hybridized carbons (Fsp3) is 1.00. The van der Waals surface area contributed by atoms with Crippen LogP contribution in [0.2, 0.25) is 0 Å². The van der Waals surface area contributed by atoms with Crippen LogP contribution in [0.1, 0.15) is 60.3 Å². The molecule has 2 heteroatoms. The van der Waals surface area contributed by atoms with Gasteiger partial charge in [0.25, 0.3) is 0 Å². The van der Waals surface area contributed by atoms with Crippen LogP contribution in [0.25, 0.3) is 0 Å². The third-order valence-electron chi connectivity index (χ3n) is 3.54. The summed E-state index contributed by atoms with van der Waals surface area (Å²) in [6, 6.07) is 0. The molecule has 16 heavy (non-hydrogen) atoms. The Morgan fingerprint density at radius 3 is 2.44 bits per heavy atom. The van der Waals surface area contributed by atoms with E-state index in [0.29, 0.717) is 11.5 Å². The van der Waals surface area contributed by atoms with Gasteiger partial charge in [-0.05, 0) is 50.9 Å². The number of ether oxygens (including phenoxy) is 1. The molecule has 1 fully saturated rings. The van der Waals surface area contributed by atoms with Crippen LogP contribution in [0.3, 0.4) is 0 Å². The highest BCUT2D eigenvalue weighted by atomic mass is 16.5. The van der Waals surface area contributed by atoms with Crippen LogP contribution in [0.15, 0.2) is 0 Å². The summed E-state index contributed by atoms with van der Waals surface area (Å²) in [5, 5.41) is 0. The highest BCUT2D eigenvalue weighted by Crippen LogP contribution is 2.43. The molecular weight excluding hydrogens is 198 g/mol. The molecule has 96 valence electrons. The molecule has 0 aromatic carbocycles. The van der Waals surface area contributed by atoms with E-state index in [9.17, 15) is 0 Å². The Labute approximate surface area is 101 Å². The molecule has 0 amide bonds. The first kappa shape index (κ1) is 14.0. The van der Waals surface area contributed by atoms with Gasteiger partial charge in [0.05, 0.1) is 6.10 Å². The van der Waals surface area contributed by atoms with Crippen molar-refractivity contribution in [2.24, 2.45) is 17.1 Å². The van der Waals surface area contributed by atoms with Crippen molar-refractivity contribution in [2.75, 3.05) is 6.61 Å². The smallest absolute Gasteiger partial charge is 0.0518 e. The Bertz CT molecular complexity index is 225. The van der Waals surface area contributed by atoms with E-state index in [1.165, 1.54) is 6.42 Å². The highest BCUT2D eigenvalue weighted by molar-refractivity contribution is 4.96. The van der Waals surface area contributed by atoms with Gasteiger partial charge in [0, 0.05) is 12.1 Å². The van der Waals surface area contributed by atoms with Crippen molar-refractivity contribution in [3.63, 3.8) is 0 Å². The van der Waals surface area contributed by atoms with Gasteiger partial charge in [-0.15, -0.1) is 0 Å². The van der Waals surface area contributed by atoms with Gasteiger partial charge < -0.3 is 10.5 Å². The first-order valence-electron chi connectivity index (χ1n) is 6.63. The molecule has 0 aliphatic heterocycles. The van der Waals surface area contributed by atoms with Crippen molar-refractivity contribution in [3.8, 4) is 0 Å². The average molecular weight is 227 g/mol. The maximum absolute atomic E-state index is 6.53. The van der Waals surface area contributed by atoms with Crippen LogP contribution in [-0.2, 0) is 4.74 Å². The second kappa shape index (κ2) is 5.05. The molecule has 0 aromatic heterocycles. The second-order valence-electron chi connectivity index (χ2n) is 6.89. The van der Waals surface area contributed by atoms with Crippen molar-refractivity contribution < 1.29 is 4.74 Å². The molecule has 0 heterocycles. The minimum atomic E-state index is -0.00391. The average Bonchev–Trinajstić information content (AvgIpc) is 1.96. The zero-order chi connectivity index (χ0) is 12.4. The monoisotopic (exact) mass is 227 g/mol. The molecule has 0 bridgehead atoms. The van der Waals surface area contributed by atoms with Crippen molar-refractivity contribution in [2.45, 2.75) is 71.9 Å². The van der Waals surface area contributed by atoms with Crippen LogP contribution < -0.4 is 5.73 Å². The van der Waals surface area contributed by atoms with Crippen LogP contribution in [-0.4, -0.2) is 18.2 Å². The van der Waals surface area contributed by atoms with Gasteiger partial charge in [-0.2, -0.15) is 0 Å². The SMILES string of the molecule is CC1CC(C)(C)CC(N)(CCOC(C)C)C1. The summed E-state index contributed by atoms with van der Waals surface area (Å²) in [6.45, 7) is 12.0. The van der Waals surface area contributed by atoms with E-state index in [2.05, 4.69) is 34.6 Å². The van der Waals surface area contributed by atoms with E-state index in [0.717, 1.165) is 31.8 Å². The van der Waals surface area contributed by atoms with Gasteiger partial charge in [0.1, 0.15) is 0 Å². The van der Waals surface area contributed by atoms with E-state index >= 15 is 0 Å². The Hall–Kier alpha value is -0.0800. The molecule has 1 rings (SSSR count). The summed E-state index contributed by atoms with van der Waals surface area (Å²) in [5.74, 6) is 0.743. The van der Waals surface area contributed by atoms with Gasteiger partial charge in [-0.3, -0.25) is 0 Å². The van der Waals surface area contributed by atoms with Gasteiger partial charge in [-0.1, -0.05) is 20.8 Å². The lowest BCUT2D eigenvalue weighted by Gasteiger charge is -2.45. The topological polar surface area (TPSA) is 35.2 Å². The normalized spacial score (nSPS) is 34.3. The van der Waals surface area contributed by atoms with Crippen molar-refractivity contribution in [1.82, 2.24) is 0 Å². The zero-order valence-electron chi connectivity index (χ0n) is 11.7. The number of hydrogen-bond donors (Lipinski definition) is 1. The zero-order valence-corrected chi connectivity index (χ0v) is 11.7.